The molecule has 20 heavy (non-hydrogen) atoms. The zero-order valence-electron chi connectivity index (χ0n) is 12.4. The molecule has 0 radical (unpaired) electrons. The topological polar surface area (TPSA) is 49.8 Å². The number of hydrogen-bond donors (Lipinski definition) is 1. The lowest BCUT2D eigenvalue weighted by Gasteiger charge is -2.41. The number of para-hydroxylation sites is 1. The first kappa shape index (κ1) is 14.9. The maximum absolute atomic E-state index is 11.5. The zero-order valence-corrected chi connectivity index (χ0v) is 12.4. The summed E-state index contributed by atoms with van der Waals surface area (Å²) in [5, 5.41) is 9.42. The fourth-order valence-electron chi connectivity index (χ4n) is 2.99. The molecule has 0 bridgehead atoms. The van der Waals surface area contributed by atoms with Gasteiger partial charge in [-0.3, -0.25) is 9.69 Å². The Morgan fingerprint density at radius 2 is 2.15 bits per heavy atom. The summed E-state index contributed by atoms with van der Waals surface area (Å²) in [6.45, 7) is 5.48. The van der Waals surface area contributed by atoms with Crippen LogP contribution in [0.15, 0.2) is 24.3 Å². The van der Waals surface area contributed by atoms with E-state index in [9.17, 15) is 9.90 Å². The number of carbonyl (C=O) groups is 1. The van der Waals surface area contributed by atoms with Crippen molar-refractivity contribution in [3.05, 3.63) is 29.8 Å². The van der Waals surface area contributed by atoms with Crippen molar-refractivity contribution in [3.63, 3.8) is 0 Å². The molecular formula is C16H23NO3. The van der Waals surface area contributed by atoms with Crippen LogP contribution in [0.25, 0.3) is 0 Å². The number of rotatable bonds is 4. The predicted octanol–water partition coefficient (Wildman–Crippen LogP) is 2.94. The van der Waals surface area contributed by atoms with Crippen LogP contribution in [0.1, 0.15) is 38.3 Å². The maximum atomic E-state index is 11.5. The SMILES string of the molecule is COc1ccccc1C(C)N1CCCC(C)(C(=O)O)C1. The molecule has 2 atom stereocenters. The lowest BCUT2D eigenvalue weighted by Crippen LogP contribution is -2.46. The zero-order chi connectivity index (χ0) is 14.8. The second-order valence-electron chi connectivity index (χ2n) is 5.86. The first-order valence-corrected chi connectivity index (χ1v) is 7.08. The minimum absolute atomic E-state index is 0.158. The van der Waals surface area contributed by atoms with Crippen molar-refractivity contribution in [3.8, 4) is 5.75 Å². The van der Waals surface area contributed by atoms with E-state index in [1.807, 2.05) is 25.1 Å². The molecule has 110 valence electrons. The van der Waals surface area contributed by atoms with Gasteiger partial charge in [0.1, 0.15) is 5.75 Å². The Morgan fingerprint density at radius 1 is 1.45 bits per heavy atom. The van der Waals surface area contributed by atoms with Crippen LogP contribution < -0.4 is 4.74 Å². The van der Waals surface area contributed by atoms with Gasteiger partial charge in [0.2, 0.25) is 0 Å². The number of ether oxygens (including phenoxy) is 1. The fourth-order valence-corrected chi connectivity index (χ4v) is 2.99. The Bertz CT molecular complexity index is 488. The molecule has 1 saturated heterocycles. The van der Waals surface area contributed by atoms with E-state index in [0.717, 1.165) is 30.7 Å². The molecule has 0 aliphatic carbocycles. The largest absolute Gasteiger partial charge is 0.496 e. The van der Waals surface area contributed by atoms with E-state index in [-0.39, 0.29) is 6.04 Å². The highest BCUT2D eigenvalue weighted by Gasteiger charge is 2.39. The summed E-state index contributed by atoms with van der Waals surface area (Å²) < 4.78 is 5.41. The van der Waals surface area contributed by atoms with Gasteiger partial charge in [0.05, 0.1) is 12.5 Å². The highest BCUT2D eigenvalue weighted by atomic mass is 16.5. The molecule has 1 aliphatic rings. The molecule has 4 nitrogen and oxygen atoms in total. The Kier molecular flexibility index (Phi) is 4.33. The summed E-state index contributed by atoms with van der Waals surface area (Å²) in [6, 6.07) is 8.11. The van der Waals surface area contributed by atoms with Gasteiger partial charge in [-0.15, -0.1) is 0 Å². The van der Waals surface area contributed by atoms with Gasteiger partial charge in [-0.1, -0.05) is 18.2 Å². The molecule has 0 spiro atoms. The molecule has 1 aromatic carbocycles. The van der Waals surface area contributed by atoms with Crippen molar-refractivity contribution in [1.82, 2.24) is 4.90 Å². The van der Waals surface area contributed by atoms with Gasteiger partial charge in [-0.05, 0) is 39.3 Å². The summed E-state index contributed by atoms with van der Waals surface area (Å²) in [4.78, 5) is 13.7. The van der Waals surface area contributed by atoms with Gasteiger partial charge in [0, 0.05) is 18.2 Å². The van der Waals surface area contributed by atoms with E-state index in [1.54, 1.807) is 7.11 Å². The van der Waals surface area contributed by atoms with Crippen LogP contribution in [0.4, 0.5) is 0 Å². The summed E-state index contributed by atoms with van der Waals surface area (Å²) in [6.07, 6.45) is 1.67. The van der Waals surface area contributed by atoms with E-state index in [0.29, 0.717) is 6.54 Å². The molecule has 2 unspecified atom stereocenters. The van der Waals surface area contributed by atoms with Crippen LogP contribution in [0, 0.1) is 5.41 Å². The second kappa shape index (κ2) is 5.83. The monoisotopic (exact) mass is 277 g/mol. The Balaban J connectivity index is 2.20. The Morgan fingerprint density at radius 3 is 2.80 bits per heavy atom. The second-order valence-corrected chi connectivity index (χ2v) is 5.86. The van der Waals surface area contributed by atoms with Crippen LogP contribution >= 0.6 is 0 Å². The molecule has 1 aliphatic heterocycles. The quantitative estimate of drug-likeness (QED) is 0.919. The van der Waals surface area contributed by atoms with Crippen molar-refractivity contribution in [2.24, 2.45) is 5.41 Å². The number of carboxylic acids is 1. The summed E-state index contributed by atoms with van der Waals surface area (Å²) in [5.74, 6) is 0.164. The van der Waals surface area contributed by atoms with Gasteiger partial charge < -0.3 is 9.84 Å². The third kappa shape index (κ3) is 2.80. The van der Waals surface area contributed by atoms with Crippen LogP contribution in [0.5, 0.6) is 5.75 Å². The van der Waals surface area contributed by atoms with Gasteiger partial charge in [0.15, 0.2) is 0 Å². The highest BCUT2D eigenvalue weighted by molar-refractivity contribution is 5.74. The lowest BCUT2D eigenvalue weighted by atomic mass is 9.81. The first-order valence-electron chi connectivity index (χ1n) is 7.08. The number of nitrogens with zero attached hydrogens (tertiary/aromatic N) is 1. The van der Waals surface area contributed by atoms with Crippen molar-refractivity contribution >= 4 is 5.97 Å². The summed E-state index contributed by atoms with van der Waals surface area (Å²) in [7, 11) is 1.67. The van der Waals surface area contributed by atoms with Crippen molar-refractivity contribution in [2.75, 3.05) is 20.2 Å². The summed E-state index contributed by atoms with van der Waals surface area (Å²) in [5.41, 5.74) is 0.471. The minimum atomic E-state index is -0.700. The van der Waals surface area contributed by atoms with Gasteiger partial charge >= 0.3 is 5.97 Å². The highest BCUT2D eigenvalue weighted by Crippen LogP contribution is 2.36. The van der Waals surface area contributed by atoms with E-state index >= 15 is 0 Å². The first-order chi connectivity index (χ1) is 9.48. The molecule has 1 heterocycles. The van der Waals surface area contributed by atoms with Crippen molar-refractivity contribution in [1.29, 1.82) is 0 Å². The van der Waals surface area contributed by atoms with Gasteiger partial charge in [-0.2, -0.15) is 0 Å². The van der Waals surface area contributed by atoms with Crippen LogP contribution in [0.3, 0.4) is 0 Å². The van der Waals surface area contributed by atoms with Gasteiger partial charge in [-0.25, -0.2) is 0 Å². The number of methoxy groups -OCH3 is 1. The number of carboxylic acid groups (broad SMARTS) is 1. The van der Waals surface area contributed by atoms with Gasteiger partial charge in [0.25, 0.3) is 0 Å². The minimum Gasteiger partial charge on any atom is -0.496 e. The molecule has 0 aromatic heterocycles. The average molecular weight is 277 g/mol. The van der Waals surface area contributed by atoms with Crippen molar-refractivity contribution < 1.29 is 14.6 Å². The maximum Gasteiger partial charge on any atom is 0.310 e. The van der Waals surface area contributed by atoms with Crippen LogP contribution in [-0.4, -0.2) is 36.2 Å². The average Bonchev–Trinajstić information content (AvgIpc) is 2.46. The van der Waals surface area contributed by atoms with Crippen LogP contribution in [-0.2, 0) is 4.79 Å². The fraction of sp³-hybridized carbons (Fsp3) is 0.562. The number of likely N-dealkylation sites (tertiary alicyclic amines) is 1. The third-order valence-corrected chi connectivity index (χ3v) is 4.38. The molecule has 0 amide bonds. The van der Waals surface area contributed by atoms with E-state index in [4.69, 9.17) is 4.74 Å². The number of hydrogen-bond acceptors (Lipinski definition) is 3. The molecule has 1 N–H and O–H groups in total. The molecule has 1 aromatic rings. The number of piperidine rings is 1. The van der Waals surface area contributed by atoms with E-state index in [1.165, 1.54) is 0 Å². The normalized spacial score (nSPS) is 25.1. The Labute approximate surface area is 120 Å². The molecule has 0 saturated carbocycles. The van der Waals surface area contributed by atoms with E-state index < -0.39 is 11.4 Å². The molecule has 1 fully saturated rings. The molecular weight excluding hydrogens is 254 g/mol. The van der Waals surface area contributed by atoms with Crippen molar-refractivity contribution in [2.45, 2.75) is 32.7 Å². The smallest absolute Gasteiger partial charge is 0.310 e. The molecule has 2 rings (SSSR count). The lowest BCUT2D eigenvalue weighted by molar-refractivity contribution is -0.151. The Hall–Kier alpha value is -1.55. The molecule has 4 heteroatoms. The van der Waals surface area contributed by atoms with Crippen LogP contribution in [0.2, 0.25) is 0 Å². The number of benzene rings is 1. The summed E-state index contributed by atoms with van der Waals surface area (Å²) >= 11 is 0. The standard InChI is InChI=1S/C16H23NO3/c1-12(13-7-4-5-8-14(13)20-3)17-10-6-9-16(2,11-17)15(18)19/h4-5,7-8,12H,6,9-11H2,1-3H3,(H,18,19). The third-order valence-electron chi connectivity index (χ3n) is 4.38. The van der Waals surface area contributed by atoms with E-state index in [2.05, 4.69) is 17.9 Å². The predicted molar refractivity (Wildman–Crippen MR) is 78.0 cm³/mol. The number of aliphatic carboxylic acids is 1.